The molecule has 0 radical (unpaired) electrons. The van der Waals surface area contributed by atoms with Crippen molar-refractivity contribution in [3.8, 4) is 11.8 Å². The first kappa shape index (κ1) is 14.1. The average molecular weight is 270 g/mol. The number of ether oxygens (including phenoxy) is 1. The van der Waals surface area contributed by atoms with Crippen molar-refractivity contribution in [3.05, 3.63) is 47.3 Å². The van der Waals surface area contributed by atoms with Gasteiger partial charge in [-0.05, 0) is 13.0 Å². The molecule has 5 nitrogen and oxygen atoms in total. The van der Waals surface area contributed by atoms with E-state index >= 15 is 0 Å². The molecule has 0 fully saturated rings. The van der Waals surface area contributed by atoms with Gasteiger partial charge in [0.05, 0.1) is 6.20 Å². The number of para-hydroxylation sites is 1. The Morgan fingerprint density at radius 1 is 1.30 bits per heavy atom. The van der Waals surface area contributed by atoms with E-state index in [0.29, 0.717) is 6.54 Å². The Morgan fingerprint density at radius 2 is 2.05 bits per heavy atom. The molecule has 0 atom stereocenters. The van der Waals surface area contributed by atoms with Crippen molar-refractivity contribution in [3.63, 3.8) is 0 Å². The summed E-state index contributed by atoms with van der Waals surface area (Å²) in [6.45, 7) is 3.56. The molecule has 0 unspecified atom stereocenters. The number of hydrogen-bond donors (Lipinski definition) is 1. The Kier molecular flexibility index (Phi) is 4.75. The van der Waals surface area contributed by atoms with E-state index in [2.05, 4.69) is 10.4 Å². The zero-order valence-electron chi connectivity index (χ0n) is 11.8. The van der Waals surface area contributed by atoms with E-state index in [1.165, 1.54) is 5.56 Å². The minimum atomic E-state index is 0.0682. The van der Waals surface area contributed by atoms with Crippen molar-refractivity contribution in [2.75, 3.05) is 6.61 Å². The highest BCUT2D eigenvalue weighted by Crippen LogP contribution is 2.17. The van der Waals surface area contributed by atoms with Crippen LogP contribution in [0.2, 0.25) is 0 Å². The van der Waals surface area contributed by atoms with E-state index in [4.69, 9.17) is 10.00 Å². The summed E-state index contributed by atoms with van der Waals surface area (Å²) >= 11 is 0. The molecule has 0 aliphatic carbocycles. The van der Waals surface area contributed by atoms with Crippen LogP contribution in [0.5, 0.6) is 5.75 Å². The lowest BCUT2D eigenvalue weighted by atomic mass is 10.2. The average Bonchev–Trinajstić information content (AvgIpc) is 2.78. The maximum atomic E-state index is 8.58. The van der Waals surface area contributed by atoms with Crippen molar-refractivity contribution < 1.29 is 4.74 Å². The van der Waals surface area contributed by atoms with E-state index in [1.807, 2.05) is 55.2 Å². The van der Waals surface area contributed by atoms with E-state index in [-0.39, 0.29) is 6.61 Å². The third-order valence-electron chi connectivity index (χ3n) is 3.23. The Balaban J connectivity index is 1.94. The number of nitrogens with one attached hydrogen (secondary N) is 1. The molecule has 0 aliphatic heterocycles. The molecule has 0 aliphatic rings. The molecule has 0 saturated heterocycles. The van der Waals surface area contributed by atoms with Crippen LogP contribution in [0.4, 0.5) is 0 Å². The van der Waals surface area contributed by atoms with E-state index < -0.39 is 0 Å². The molecule has 0 spiro atoms. The summed E-state index contributed by atoms with van der Waals surface area (Å²) in [6.07, 6.45) is 1.88. The molecule has 0 bridgehead atoms. The Labute approximate surface area is 118 Å². The maximum absolute atomic E-state index is 8.58. The van der Waals surface area contributed by atoms with Gasteiger partial charge in [0.15, 0.2) is 6.61 Å². The fourth-order valence-corrected chi connectivity index (χ4v) is 1.95. The minimum absolute atomic E-state index is 0.0682. The number of hydrogen-bond acceptors (Lipinski definition) is 4. The van der Waals surface area contributed by atoms with Gasteiger partial charge >= 0.3 is 0 Å². The number of aromatic nitrogens is 2. The SMILES string of the molecule is Cc1c(CNCc2ccccc2OCC#N)cnn1C. The van der Waals surface area contributed by atoms with Crippen LogP contribution in [0.3, 0.4) is 0 Å². The number of rotatable bonds is 6. The highest BCUT2D eigenvalue weighted by atomic mass is 16.5. The zero-order chi connectivity index (χ0) is 14.4. The van der Waals surface area contributed by atoms with Crippen molar-refractivity contribution in [2.24, 2.45) is 7.05 Å². The van der Waals surface area contributed by atoms with Gasteiger partial charge in [-0.15, -0.1) is 0 Å². The van der Waals surface area contributed by atoms with Gasteiger partial charge in [-0.2, -0.15) is 10.4 Å². The van der Waals surface area contributed by atoms with Crippen LogP contribution >= 0.6 is 0 Å². The highest BCUT2D eigenvalue weighted by molar-refractivity contribution is 5.33. The van der Waals surface area contributed by atoms with Crippen LogP contribution < -0.4 is 10.1 Å². The van der Waals surface area contributed by atoms with E-state index in [0.717, 1.165) is 23.6 Å². The van der Waals surface area contributed by atoms with Crippen LogP contribution in [0.1, 0.15) is 16.8 Å². The summed E-state index contributed by atoms with van der Waals surface area (Å²) in [6, 6.07) is 9.72. The lowest BCUT2D eigenvalue weighted by Gasteiger charge is -2.10. The fraction of sp³-hybridized carbons (Fsp3) is 0.333. The molecule has 2 aromatic rings. The van der Waals surface area contributed by atoms with Gasteiger partial charge in [-0.1, -0.05) is 18.2 Å². The van der Waals surface area contributed by atoms with Crippen molar-refractivity contribution in [1.82, 2.24) is 15.1 Å². The molecular formula is C15H18N4O. The van der Waals surface area contributed by atoms with Crippen LogP contribution in [0, 0.1) is 18.3 Å². The summed E-state index contributed by atoms with van der Waals surface area (Å²) in [5.74, 6) is 0.754. The first-order valence-electron chi connectivity index (χ1n) is 6.48. The molecule has 1 aromatic heterocycles. The van der Waals surface area contributed by atoms with Crippen LogP contribution in [0.15, 0.2) is 30.5 Å². The Bertz CT molecular complexity index is 613. The summed E-state index contributed by atoms with van der Waals surface area (Å²) in [5, 5.41) is 16.2. The lowest BCUT2D eigenvalue weighted by Crippen LogP contribution is -2.14. The van der Waals surface area contributed by atoms with Gasteiger partial charge in [-0.3, -0.25) is 4.68 Å². The number of nitrogens with zero attached hydrogens (tertiary/aromatic N) is 3. The van der Waals surface area contributed by atoms with Gasteiger partial charge < -0.3 is 10.1 Å². The number of benzene rings is 1. The van der Waals surface area contributed by atoms with Crippen molar-refractivity contribution in [1.29, 1.82) is 5.26 Å². The molecule has 2 rings (SSSR count). The molecule has 1 N–H and O–H groups in total. The smallest absolute Gasteiger partial charge is 0.174 e. The van der Waals surface area contributed by atoms with Crippen LogP contribution in [-0.4, -0.2) is 16.4 Å². The van der Waals surface area contributed by atoms with Crippen molar-refractivity contribution >= 4 is 0 Å². The Morgan fingerprint density at radius 3 is 2.75 bits per heavy atom. The first-order chi connectivity index (χ1) is 9.72. The zero-order valence-corrected chi connectivity index (χ0v) is 11.8. The third-order valence-corrected chi connectivity index (χ3v) is 3.23. The van der Waals surface area contributed by atoms with E-state index in [9.17, 15) is 0 Å². The van der Waals surface area contributed by atoms with E-state index in [1.54, 1.807) is 0 Å². The second-order valence-corrected chi connectivity index (χ2v) is 4.54. The van der Waals surface area contributed by atoms with Crippen LogP contribution in [0.25, 0.3) is 0 Å². The number of aryl methyl sites for hydroxylation is 1. The molecule has 1 heterocycles. The van der Waals surface area contributed by atoms with Gasteiger partial charge in [0.1, 0.15) is 11.8 Å². The quantitative estimate of drug-likeness (QED) is 0.871. The fourth-order valence-electron chi connectivity index (χ4n) is 1.95. The lowest BCUT2D eigenvalue weighted by molar-refractivity contribution is 0.362. The summed E-state index contributed by atoms with van der Waals surface area (Å²) in [4.78, 5) is 0. The first-order valence-corrected chi connectivity index (χ1v) is 6.48. The molecule has 5 heteroatoms. The second kappa shape index (κ2) is 6.73. The molecule has 20 heavy (non-hydrogen) atoms. The largest absolute Gasteiger partial charge is 0.478 e. The van der Waals surface area contributed by atoms with Gasteiger partial charge in [-0.25, -0.2) is 0 Å². The standard InChI is InChI=1S/C15H18N4O/c1-12-14(11-18-19(12)2)10-17-9-13-5-3-4-6-15(13)20-8-7-16/h3-6,11,17H,8-10H2,1-2H3. The predicted octanol–water partition coefficient (Wildman–Crippen LogP) is 1.92. The second-order valence-electron chi connectivity index (χ2n) is 4.54. The summed E-state index contributed by atoms with van der Waals surface area (Å²) < 4.78 is 7.26. The highest BCUT2D eigenvalue weighted by Gasteiger charge is 2.05. The summed E-state index contributed by atoms with van der Waals surface area (Å²) in [5.41, 5.74) is 3.39. The van der Waals surface area contributed by atoms with Gasteiger partial charge in [0.2, 0.25) is 0 Å². The monoisotopic (exact) mass is 270 g/mol. The van der Waals surface area contributed by atoms with Crippen molar-refractivity contribution in [2.45, 2.75) is 20.0 Å². The molecule has 104 valence electrons. The predicted molar refractivity (Wildman–Crippen MR) is 76.0 cm³/mol. The molecule has 0 saturated carbocycles. The topological polar surface area (TPSA) is 62.9 Å². The normalized spacial score (nSPS) is 10.2. The summed E-state index contributed by atoms with van der Waals surface area (Å²) in [7, 11) is 1.93. The molecular weight excluding hydrogens is 252 g/mol. The Hall–Kier alpha value is -2.32. The van der Waals surface area contributed by atoms with Crippen LogP contribution in [-0.2, 0) is 20.1 Å². The third kappa shape index (κ3) is 3.37. The minimum Gasteiger partial charge on any atom is -0.478 e. The van der Waals surface area contributed by atoms with Gasteiger partial charge in [0.25, 0.3) is 0 Å². The molecule has 1 aromatic carbocycles. The number of nitriles is 1. The maximum Gasteiger partial charge on any atom is 0.174 e. The molecule has 0 amide bonds. The van der Waals surface area contributed by atoms with Gasteiger partial charge in [0, 0.05) is 37.0 Å².